The number of hydrogen-bond donors (Lipinski definition) is 0. The average molecular weight is 339 g/mol. The van der Waals surface area contributed by atoms with Crippen LogP contribution >= 0.6 is 11.3 Å². The van der Waals surface area contributed by atoms with Crippen LogP contribution in [0.2, 0.25) is 0 Å². The van der Waals surface area contributed by atoms with Crippen LogP contribution in [0.1, 0.15) is 15.9 Å². The van der Waals surface area contributed by atoms with Gasteiger partial charge in [0.1, 0.15) is 5.56 Å². The summed E-state index contributed by atoms with van der Waals surface area (Å²) in [6.45, 7) is 0.577. The van der Waals surface area contributed by atoms with Gasteiger partial charge in [-0.15, -0.1) is 11.3 Å². The molecule has 3 aromatic rings. The lowest BCUT2D eigenvalue weighted by atomic mass is 10.2. The first-order valence-corrected chi connectivity index (χ1v) is 8.03. The lowest BCUT2D eigenvalue weighted by Crippen LogP contribution is -2.17. The molecule has 1 amide bonds. The molecule has 0 aliphatic rings. The third kappa shape index (κ3) is 3.47. The molecule has 6 nitrogen and oxygen atoms in total. The largest absolute Gasteiger partial charge is 0.319 e. The standard InChI is InChI=1S/C17H13N3O3S/c21-16(14-8-4-5-9-15(14)20(22)23)18-17-19(10-11-24-17)12-13-6-2-1-3-7-13/h1-11H,12H2. The zero-order valence-electron chi connectivity index (χ0n) is 12.5. The Balaban J connectivity index is 1.94. The summed E-state index contributed by atoms with van der Waals surface area (Å²) in [5.74, 6) is -0.619. The molecule has 0 aliphatic carbocycles. The molecule has 1 aromatic heterocycles. The Morgan fingerprint density at radius 3 is 2.58 bits per heavy atom. The number of hydrogen-bond acceptors (Lipinski definition) is 4. The molecule has 0 bridgehead atoms. The highest BCUT2D eigenvalue weighted by atomic mass is 32.1. The van der Waals surface area contributed by atoms with Gasteiger partial charge in [0.2, 0.25) is 0 Å². The van der Waals surface area contributed by atoms with Gasteiger partial charge in [-0.1, -0.05) is 42.5 Å². The minimum atomic E-state index is -0.619. The number of carbonyl (C=O) groups excluding carboxylic acids is 1. The summed E-state index contributed by atoms with van der Waals surface area (Å²) in [5.41, 5.74) is 0.829. The lowest BCUT2D eigenvalue weighted by molar-refractivity contribution is -0.385. The topological polar surface area (TPSA) is 77.5 Å². The second kappa shape index (κ2) is 7.01. The molecule has 0 saturated heterocycles. The summed E-state index contributed by atoms with van der Waals surface area (Å²) in [4.78, 5) is 27.4. The van der Waals surface area contributed by atoms with Crippen molar-refractivity contribution in [2.45, 2.75) is 6.54 Å². The molecule has 1 heterocycles. The molecule has 24 heavy (non-hydrogen) atoms. The van der Waals surface area contributed by atoms with Crippen LogP contribution in [0.3, 0.4) is 0 Å². The molecule has 0 N–H and O–H groups in total. The number of nitro groups is 1. The van der Waals surface area contributed by atoms with Crippen LogP contribution in [0.15, 0.2) is 71.2 Å². The Kier molecular flexibility index (Phi) is 4.62. The van der Waals surface area contributed by atoms with E-state index >= 15 is 0 Å². The second-order valence-electron chi connectivity index (χ2n) is 4.99. The zero-order valence-corrected chi connectivity index (χ0v) is 13.3. The van der Waals surface area contributed by atoms with Crippen molar-refractivity contribution in [1.29, 1.82) is 0 Å². The second-order valence-corrected chi connectivity index (χ2v) is 5.86. The van der Waals surface area contributed by atoms with Crippen LogP contribution in [0.25, 0.3) is 0 Å². The van der Waals surface area contributed by atoms with Crippen LogP contribution in [-0.2, 0) is 6.54 Å². The number of benzene rings is 2. The maximum absolute atomic E-state index is 12.4. The minimum absolute atomic E-state index is 0.0119. The fourth-order valence-electron chi connectivity index (χ4n) is 2.25. The molecule has 0 spiro atoms. The number of thiazole rings is 1. The summed E-state index contributed by atoms with van der Waals surface area (Å²) >= 11 is 1.31. The fourth-order valence-corrected chi connectivity index (χ4v) is 2.97. The Morgan fingerprint density at radius 1 is 1.12 bits per heavy atom. The van der Waals surface area contributed by atoms with E-state index in [9.17, 15) is 14.9 Å². The zero-order chi connectivity index (χ0) is 16.9. The number of carbonyl (C=O) groups is 1. The molecule has 0 aliphatic heterocycles. The van der Waals surface area contributed by atoms with E-state index in [0.29, 0.717) is 11.3 Å². The summed E-state index contributed by atoms with van der Waals surface area (Å²) < 4.78 is 1.84. The molecule has 3 rings (SSSR count). The third-order valence-corrected chi connectivity index (χ3v) is 4.18. The van der Waals surface area contributed by atoms with E-state index in [1.165, 1.54) is 29.5 Å². The highest BCUT2D eigenvalue weighted by Gasteiger charge is 2.18. The van der Waals surface area contributed by atoms with Crippen LogP contribution < -0.4 is 4.80 Å². The van der Waals surface area contributed by atoms with Gasteiger partial charge in [0.05, 0.1) is 4.92 Å². The number of aromatic nitrogens is 1. The van der Waals surface area contributed by atoms with Crippen LogP contribution in [0.4, 0.5) is 5.69 Å². The van der Waals surface area contributed by atoms with Crippen molar-refractivity contribution in [2.24, 2.45) is 4.99 Å². The number of rotatable bonds is 4. The first-order chi connectivity index (χ1) is 11.6. The van der Waals surface area contributed by atoms with E-state index in [2.05, 4.69) is 4.99 Å². The molecule has 0 radical (unpaired) electrons. The number of para-hydroxylation sites is 1. The molecule has 120 valence electrons. The van der Waals surface area contributed by atoms with Crippen molar-refractivity contribution in [1.82, 2.24) is 4.57 Å². The smallest absolute Gasteiger partial charge is 0.286 e. The maximum atomic E-state index is 12.4. The average Bonchev–Trinajstić information content (AvgIpc) is 3.02. The first kappa shape index (κ1) is 15.8. The number of nitro benzene ring substituents is 1. The molecular formula is C17H13N3O3S. The number of nitrogens with zero attached hydrogens (tertiary/aromatic N) is 3. The molecule has 0 atom stereocenters. The van der Waals surface area contributed by atoms with E-state index in [4.69, 9.17) is 0 Å². The Morgan fingerprint density at radius 2 is 1.83 bits per heavy atom. The first-order valence-electron chi connectivity index (χ1n) is 7.15. The molecular weight excluding hydrogens is 326 g/mol. The highest BCUT2D eigenvalue weighted by Crippen LogP contribution is 2.18. The molecule has 0 unspecified atom stereocenters. The van der Waals surface area contributed by atoms with Gasteiger partial charge in [0.25, 0.3) is 11.6 Å². The summed E-state index contributed by atoms with van der Waals surface area (Å²) in [7, 11) is 0. The van der Waals surface area contributed by atoms with Crippen molar-refractivity contribution in [3.8, 4) is 0 Å². The summed E-state index contributed by atoms with van der Waals surface area (Å²) in [5, 5.41) is 12.9. The van der Waals surface area contributed by atoms with Crippen molar-refractivity contribution in [3.05, 3.63) is 92.2 Å². The van der Waals surface area contributed by atoms with Crippen LogP contribution in [0.5, 0.6) is 0 Å². The quantitative estimate of drug-likeness (QED) is 0.541. The monoisotopic (exact) mass is 339 g/mol. The van der Waals surface area contributed by atoms with Crippen molar-refractivity contribution in [2.75, 3.05) is 0 Å². The minimum Gasteiger partial charge on any atom is -0.319 e. The Hall–Kier alpha value is -3.06. The SMILES string of the molecule is O=C(N=c1sccn1Cc1ccccc1)c1ccccc1[N+](=O)[O-]. The molecule has 0 fully saturated rings. The van der Waals surface area contributed by atoms with Gasteiger partial charge in [0, 0.05) is 24.2 Å². The van der Waals surface area contributed by atoms with Crippen LogP contribution in [-0.4, -0.2) is 15.4 Å². The van der Waals surface area contributed by atoms with Gasteiger partial charge in [0.15, 0.2) is 4.80 Å². The van der Waals surface area contributed by atoms with E-state index in [1.807, 2.05) is 46.5 Å². The number of amides is 1. The van der Waals surface area contributed by atoms with Gasteiger partial charge in [-0.25, -0.2) is 0 Å². The van der Waals surface area contributed by atoms with Crippen molar-refractivity contribution < 1.29 is 9.72 Å². The van der Waals surface area contributed by atoms with Gasteiger partial charge in [-0.2, -0.15) is 4.99 Å². The van der Waals surface area contributed by atoms with Crippen LogP contribution in [0, 0.1) is 10.1 Å². The summed E-state index contributed by atoms with van der Waals surface area (Å²) in [6, 6.07) is 15.6. The Labute approximate surface area is 141 Å². The van der Waals surface area contributed by atoms with Gasteiger partial charge in [-0.05, 0) is 11.6 Å². The van der Waals surface area contributed by atoms with Gasteiger partial charge in [-0.3, -0.25) is 14.9 Å². The fraction of sp³-hybridized carbons (Fsp3) is 0.0588. The molecule has 0 saturated carbocycles. The van der Waals surface area contributed by atoms with Crippen molar-refractivity contribution >= 4 is 22.9 Å². The maximum Gasteiger partial charge on any atom is 0.286 e. The van der Waals surface area contributed by atoms with E-state index in [-0.39, 0.29) is 11.3 Å². The third-order valence-electron chi connectivity index (χ3n) is 3.38. The van der Waals surface area contributed by atoms with Gasteiger partial charge >= 0.3 is 0 Å². The predicted octanol–water partition coefficient (Wildman–Crippen LogP) is 3.25. The lowest BCUT2D eigenvalue weighted by Gasteiger charge is -2.03. The van der Waals surface area contributed by atoms with E-state index in [0.717, 1.165) is 5.56 Å². The highest BCUT2D eigenvalue weighted by molar-refractivity contribution is 7.07. The summed E-state index contributed by atoms with van der Waals surface area (Å²) in [6.07, 6.45) is 1.84. The van der Waals surface area contributed by atoms with E-state index in [1.54, 1.807) is 6.07 Å². The van der Waals surface area contributed by atoms with Gasteiger partial charge < -0.3 is 4.57 Å². The predicted molar refractivity (Wildman–Crippen MR) is 90.8 cm³/mol. The molecule has 2 aromatic carbocycles. The normalized spacial score (nSPS) is 11.4. The van der Waals surface area contributed by atoms with E-state index < -0.39 is 10.8 Å². The molecule has 7 heteroatoms. The Bertz CT molecular complexity index is 945. The van der Waals surface area contributed by atoms with Crippen molar-refractivity contribution in [3.63, 3.8) is 0 Å².